The fourth-order valence-corrected chi connectivity index (χ4v) is 5.22. The van der Waals surface area contributed by atoms with E-state index in [4.69, 9.17) is 29.4 Å². The normalized spacial score (nSPS) is 10.9. The highest BCUT2D eigenvalue weighted by Crippen LogP contribution is 2.36. The summed E-state index contributed by atoms with van der Waals surface area (Å²) >= 11 is 0. The number of nitrogens with zero attached hydrogens (tertiary/aromatic N) is 8. The lowest BCUT2D eigenvalue weighted by molar-refractivity contribution is 0.0511. The van der Waals surface area contributed by atoms with Gasteiger partial charge in [-0.2, -0.15) is 5.10 Å². The van der Waals surface area contributed by atoms with E-state index in [2.05, 4.69) is 10.1 Å². The van der Waals surface area contributed by atoms with E-state index in [0.717, 1.165) is 28.3 Å². The van der Waals surface area contributed by atoms with Gasteiger partial charge in [-0.15, -0.1) is 10.2 Å². The topological polar surface area (TPSA) is 123 Å². The Morgan fingerprint density at radius 3 is 2.32 bits per heavy atom. The van der Waals surface area contributed by atoms with Crippen molar-refractivity contribution in [1.29, 1.82) is 0 Å². The van der Waals surface area contributed by atoms with Crippen LogP contribution in [0.3, 0.4) is 0 Å². The second-order valence-corrected chi connectivity index (χ2v) is 10.4. The largest absolute Gasteiger partial charge is 0.497 e. The maximum Gasteiger partial charge on any atom is 0.374 e. The second-order valence-electron chi connectivity index (χ2n) is 10.4. The lowest BCUT2D eigenvalue weighted by atomic mass is 10.2. The van der Waals surface area contributed by atoms with Crippen molar-refractivity contribution in [2.24, 2.45) is 0 Å². The van der Waals surface area contributed by atoms with Crippen molar-refractivity contribution in [2.45, 2.75) is 61.2 Å². The van der Waals surface area contributed by atoms with Gasteiger partial charge in [-0.05, 0) is 51.0 Å². The van der Waals surface area contributed by atoms with Gasteiger partial charge in [-0.3, -0.25) is 18.6 Å². The molecule has 0 bridgehead atoms. The summed E-state index contributed by atoms with van der Waals surface area (Å²) in [5, 5.41) is 14.2. The fraction of sp³-hybridized carbons (Fsp3) is 0.314. The van der Waals surface area contributed by atoms with Gasteiger partial charge in [0.05, 0.1) is 37.7 Å². The molecule has 6 aromatic rings. The van der Waals surface area contributed by atoms with Gasteiger partial charge in [0.1, 0.15) is 29.4 Å². The molecular weight excluding hydrogens is 596 g/mol. The number of aryl methyl sites for hydroxylation is 3. The molecule has 47 heavy (non-hydrogen) atoms. The molecule has 0 aliphatic heterocycles. The van der Waals surface area contributed by atoms with E-state index in [1.165, 1.54) is 0 Å². The molecule has 12 heteroatoms. The number of carbonyl (C=O) groups excluding carboxylic acids is 1. The van der Waals surface area contributed by atoms with Crippen molar-refractivity contribution in [2.75, 3.05) is 13.7 Å². The summed E-state index contributed by atoms with van der Waals surface area (Å²) in [6, 6.07) is 17.8. The Balaban J connectivity index is 0.00000213. The number of methoxy groups -OCH3 is 1. The molecule has 0 fully saturated rings. The SMILES string of the molecule is CC.CCOC(=O)c1nc(-c2nnc(-c3c(OCc4ccccc4)c(C)nn3CC)n2Cc2ccc(OC)cc2)c2cnc(C)cn12. The molecule has 0 aliphatic rings. The van der Waals surface area contributed by atoms with Gasteiger partial charge in [0.2, 0.25) is 5.82 Å². The maximum atomic E-state index is 13.0. The molecule has 2 aromatic carbocycles. The highest BCUT2D eigenvalue weighted by molar-refractivity contribution is 5.90. The highest BCUT2D eigenvalue weighted by atomic mass is 16.5. The third kappa shape index (κ3) is 6.71. The van der Waals surface area contributed by atoms with E-state index in [1.54, 1.807) is 30.8 Å². The first-order valence-corrected chi connectivity index (χ1v) is 15.7. The molecule has 0 aliphatic carbocycles. The zero-order valence-corrected chi connectivity index (χ0v) is 27.9. The fourth-order valence-electron chi connectivity index (χ4n) is 5.22. The molecule has 6 rings (SSSR count). The van der Waals surface area contributed by atoms with Crippen molar-refractivity contribution in [3.63, 3.8) is 0 Å². The average Bonchev–Trinajstić information content (AvgIpc) is 3.77. The predicted octanol–water partition coefficient (Wildman–Crippen LogP) is 6.33. The van der Waals surface area contributed by atoms with Gasteiger partial charge in [-0.25, -0.2) is 9.78 Å². The van der Waals surface area contributed by atoms with Gasteiger partial charge < -0.3 is 14.2 Å². The summed E-state index contributed by atoms with van der Waals surface area (Å²) in [7, 11) is 1.64. The van der Waals surface area contributed by atoms with Gasteiger partial charge >= 0.3 is 5.97 Å². The van der Waals surface area contributed by atoms with E-state index in [0.29, 0.717) is 54.0 Å². The van der Waals surface area contributed by atoms with E-state index in [1.807, 2.05) is 98.5 Å². The van der Waals surface area contributed by atoms with Crippen LogP contribution in [0.15, 0.2) is 67.0 Å². The first kappa shape index (κ1) is 32.9. The number of ether oxygens (including phenoxy) is 3. The molecule has 0 saturated carbocycles. The van der Waals surface area contributed by atoms with Crippen LogP contribution in [0.25, 0.3) is 28.6 Å². The molecule has 0 unspecified atom stereocenters. The smallest absolute Gasteiger partial charge is 0.374 e. The number of esters is 1. The first-order valence-electron chi connectivity index (χ1n) is 15.7. The molecule has 0 spiro atoms. The van der Waals surface area contributed by atoms with Crippen molar-refractivity contribution < 1.29 is 19.0 Å². The van der Waals surface area contributed by atoms with Crippen molar-refractivity contribution in [1.82, 2.24) is 38.9 Å². The Labute approximate surface area is 274 Å². The van der Waals surface area contributed by atoms with Crippen LogP contribution < -0.4 is 9.47 Å². The molecular formula is C35H40N8O4. The Morgan fingerprint density at radius 2 is 1.64 bits per heavy atom. The van der Waals surface area contributed by atoms with Crippen LogP contribution in [0.5, 0.6) is 11.5 Å². The van der Waals surface area contributed by atoms with E-state index in [-0.39, 0.29) is 12.4 Å². The third-order valence-corrected chi connectivity index (χ3v) is 7.38. The Bertz CT molecular complexity index is 1960. The summed E-state index contributed by atoms with van der Waals surface area (Å²) in [5.41, 5.74) is 5.21. The van der Waals surface area contributed by atoms with Crippen LogP contribution in [-0.4, -0.2) is 58.6 Å². The number of fused-ring (bicyclic) bond motifs is 1. The average molecular weight is 637 g/mol. The lowest BCUT2D eigenvalue weighted by Gasteiger charge is -2.13. The standard InChI is InChI=1S/C33H34N8O4.C2H6/c1-6-41-28(29(22(4)38-41)45-20-24-11-9-8-10-12-24)31-37-36-30(40(31)19-23-13-15-25(43-5)16-14-23)27-26-17-34-21(3)18-39(26)32(35-27)33(42)44-7-2;1-2/h8-18H,6-7,19-20H2,1-5H3;1-2H3. The number of hydrogen-bond donors (Lipinski definition) is 0. The minimum atomic E-state index is -0.540. The minimum Gasteiger partial charge on any atom is -0.497 e. The molecule has 12 nitrogen and oxygen atoms in total. The Kier molecular flexibility index (Phi) is 10.3. The quantitative estimate of drug-likeness (QED) is 0.150. The van der Waals surface area contributed by atoms with Crippen LogP contribution in [0.2, 0.25) is 0 Å². The number of benzene rings is 2. The van der Waals surface area contributed by atoms with E-state index < -0.39 is 5.97 Å². The van der Waals surface area contributed by atoms with Gasteiger partial charge in [0, 0.05) is 12.7 Å². The number of rotatable bonds is 11. The number of imidazole rings is 1. The molecule has 0 N–H and O–H groups in total. The van der Waals surface area contributed by atoms with Gasteiger partial charge in [0.25, 0.3) is 0 Å². The second kappa shape index (κ2) is 14.7. The zero-order chi connectivity index (χ0) is 33.5. The van der Waals surface area contributed by atoms with E-state index in [9.17, 15) is 4.79 Å². The summed E-state index contributed by atoms with van der Waals surface area (Å²) in [4.78, 5) is 22.2. The van der Waals surface area contributed by atoms with Crippen LogP contribution in [-0.2, 0) is 24.4 Å². The minimum absolute atomic E-state index is 0.134. The van der Waals surface area contributed by atoms with Gasteiger partial charge in [0.15, 0.2) is 17.4 Å². The lowest BCUT2D eigenvalue weighted by Crippen LogP contribution is -2.10. The number of carbonyl (C=O) groups is 1. The molecule has 0 amide bonds. The van der Waals surface area contributed by atoms with Crippen molar-refractivity contribution in [3.05, 3.63) is 95.3 Å². The van der Waals surface area contributed by atoms with Crippen LogP contribution in [0.4, 0.5) is 0 Å². The molecule has 0 saturated heterocycles. The Morgan fingerprint density at radius 1 is 0.915 bits per heavy atom. The molecule has 244 valence electrons. The third-order valence-electron chi connectivity index (χ3n) is 7.38. The summed E-state index contributed by atoms with van der Waals surface area (Å²) in [6.07, 6.45) is 3.44. The van der Waals surface area contributed by atoms with Crippen LogP contribution >= 0.6 is 0 Å². The maximum absolute atomic E-state index is 13.0. The van der Waals surface area contributed by atoms with E-state index >= 15 is 0 Å². The van der Waals surface area contributed by atoms with Crippen LogP contribution in [0, 0.1) is 13.8 Å². The molecule has 4 aromatic heterocycles. The number of aromatic nitrogens is 8. The summed E-state index contributed by atoms with van der Waals surface area (Å²) in [5.74, 6) is 1.96. The van der Waals surface area contributed by atoms with Crippen molar-refractivity contribution in [3.8, 4) is 34.5 Å². The molecule has 0 radical (unpaired) electrons. The monoisotopic (exact) mass is 636 g/mol. The number of hydrogen-bond acceptors (Lipinski definition) is 9. The van der Waals surface area contributed by atoms with Gasteiger partial charge in [-0.1, -0.05) is 56.3 Å². The predicted molar refractivity (Wildman–Crippen MR) is 179 cm³/mol. The molecule has 4 heterocycles. The Hall–Kier alpha value is -5.52. The zero-order valence-electron chi connectivity index (χ0n) is 27.9. The summed E-state index contributed by atoms with van der Waals surface area (Å²) in [6.45, 7) is 13.1. The summed E-state index contributed by atoms with van der Waals surface area (Å²) < 4.78 is 22.7. The molecule has 0 atom stereocenters. The van der Waals surface area contributed by atoms with Crippen molar-refractivity contribution >= 4 is 11.5 Å². The van der Waals surface area contributed by atoms with Crippen LogP contribution in [0.1, 0.15) is 60.8 Å². The first-order chi connectivity index (χ1) is 22.9. The highest BCUT2D eigenvalue weighted by Gasteiger charge is 2.29.